The molecule has 2 rings (SSSR count). The van der Waals surface area contributed by atoms with E-state index < -0.39 is 10.0 Å². The molecule has 0 aliphatic carbocycles. The minimum atomic E-state index is -3.25. The van der Waals surface area contributed by atoms with E-state index in [1.54, 1.807) is 11.6 Å². The van der Waals surface area contributed by atoms with Gasteiger partial charge in [0, 0.05) is 17.6 Å². The molecule has 1 atom stereocenters. The Morgan fingerprint density at radius 2 is 2.53 bits per heavy atom. The van der Waals surface area contributed by atoms with Crippen LogP contribution >= 0.6 is 11.3 Å². The molecule has 0 aromatic carbocycles. The highest BCUT2D eigenvalue weighted by Gasteiger charge is 2.22. The lowest BCUT2D eigenvalue weighted by Gasteiger charge is -2.10. The van der Waals surface area contributed by atoms with Gasteiger partial charge in [-0.1, -0.05) is 0 Å². The fourth-order valence-electron chi connectivity index (χ4n) is 1.61. The van der Waals surface area contributed by atoms with Crippen LogP contribution in [0, 0.1) is 0 Å². The maximum absolute atomic E-state index is 11.7. The summed E-state index contributed by atoms with van der Waals surface area (Å²) < 4.78 is 25.8. The van der Waals surface area contributed by atoms with Crippen molar-refractivity contribution in [3.63, 3.8) is 0 Å². The molecule has 1 unspecified atom stereocenters. The van der Waals surface area contributed by atoms with Gasteiger partial charge in [-0.15, -0.1) is 11.3 Å². The SMILES string of the molecule is O=S(=O)(CC1CCCN1)Nc1nccs1. The maximum atomic E-state index is 11.7. The van der Waals surface area contributed by atoms with E-state index in [0.717, 1.165) is 19.4 Å². The molecule has 1 fully saturated rings. The first-order valence-electron chi connectivity index (χ1n) is 4.79. The second-order valence-electron chi connectivity index (χ2n) is 3.51. The van der Waals surface area contributed by atoms with Crippen molar-refractivity contribution in [2.45, 2.75) is 18.9 Å². The largest absolute Gasteiger partial charge is 0.313 e. The molecular weight excluding hydrogens is 234 g/mol. The van der Waals surface area contributed by atoms with Crippen molar-refractivity contribution in [3.05, 3.63) is 11.6 Å². The van der Waals surface area contributed by atoms with E-state index in [4.69, 9.17) is 0 Å². The van der Waals surface area contributed by atoms with Gasteiger partial charge in [-0.25, -0.2) is 13.4 Å². The zero-order valence-electron chi connectivity index (χ0n) is 8.14. The third kappa shape index (κ3) is 3.15. The van der Waals surface area contributed by atoms with Crippen LogP contribution in [0.25, 0.3) is 0 Å². The topological polar surface area (TPSA) is 71.1 Å². The van der Waals surface area contributed by atoms with Crippen LogP contribution in [0.1, 0.15) is 12.8 Å². The summed E-state index contributed by atoms with van der Waals surface area (Å²) in [6, 6.07) is 0.0856. The highest BCUT2D eigenvalue weighted by Crippen LogP contribution is 2.14. The average Bonchev–Trinajstić information content (AvgIpc) is 2.75. The molecule has 5 nitrogen and oxygen atoms in total. The van der Waals surface area contributed by atoms with Crippen LogP contribution in [0.2, 0.25) is 0 Å². The number of anilines is 1. The molecular formula is C8H13N3O2S2. The number of nitrogens with one attached hydrogen (secondary N) is 2. The van der Waals surface area contributed by atoms with Crippen LogP contribution in [-0.2, 0) is 10.0 Å². The van der Waals surface area contributed by atoms with Crippen molar-refractivity contribution < 1.29 is 8.42 Å². The van der Waals surface area contributed by atoms with Crippen LogP contribution < -0.4 is 10.0 Å². The van der Waals surface area contributed by atoms with Crippen molar-refractivity contribution in [1.82, 2.24) is 10.3 Å². The molecule has 0 radical (unpaired) electrons. The fourth-order valence-corrected chi connectivity index (χ4v) is 3.77. The van der Waals surface area contributed by atoms with Gasteiger partial charge in [-0.3, -0.25) is 4.72 Å². The van der Waals surface area contributed by atoms with Crippen LogP contribution in [0.4, 0.5) is 5.13 Å². The molecule has 7 heteroatoms. The fraction of sp³-hybridized carbons (Fsp3) is 0.625. The molecule has 15 heavy (non-hydrogen) atoms. The summed E-state index contributed by atoms with van der Waals surface area (Å²) in [6.07, 6.45) is 3.56. The smallest absolute Gasteiger partial charge is 0.236 e. The molecule has 0 saturated carbocycles. The van der Waals surface area contributed by atoms with E-state index in [-0.39, 0.29) is 11.8 Å². The van der Waals surface area contributed by atoms with E-state index >= 15 is 0 Å². The number of aromatic nitrogens is 1. The van der Waals surface area contributed by atoms with Gasteiger partial charge in [-0.2, -0.15) is 0 Å². The van der Waals surface area contributed by atoms with E-state index in [2.05, 4.69) is 15.0 Å². The number of sulfonamides is 1. The standard InChI is InChI=1S/C8H13N3O2S2/c12-15(13,6-7-2-1-3-9-7)11-8-10-4-5-14-8/h4-5,7,9H,1-3,6H2,(H,10,11). The monoisotopic (exact) mass is 247 g/mol. The molecule has 0 bridgehead atoms. The third-order valence-electron chi connectivity index (χ3n) is 2.26. The molecule has 84 valence electrons. The lowest BCUT2D eigenvalue weighted by molar-refractivity contribution is 0.582. The van der Waals surface area contributed by atoms with E-state index in [1.165, 1.54) is 11.3 Å². The highest BCUT2D eigenvalue weighted by molar-refractivity contribution is 7.92. The first-order chi connectivity index (χ1) is 7.16. The van der Waals surface area contributed by atoms with Crippen molar-refractivity contribution >= 4 is 26.5 Å². The molecule has 1 aromatic heterocycles. The van der Waals surface area contributed by atoms with Gasteiger partial charge in [0.1, 0.15) is 0 Å². The molecule has 0 spiro atoms. The van der Waals surface area contributed by atoms with Crippen LogP contribution in [0.5, 0.6) is 0 Å². The first kappa shape index (κ1) is 10.8. The molecule has 1 aliphatic heterocycles. The zero-order valence-corrected chi connectivity index (χ0v) is 9.77. The van der Waals surface area contributed by atoms with Crippen molar-refractivity contribution in [2.75, 3.05) is 17.0 Å². The second-order valence-corrected chi connectivity index (χ2v) is 6.18. The van der Waals surface area contributed by atoms with Gasteiger partial charge in [0.15, 0.2) is 5.13 Å². The minimum absolute atomic E-state index is 0.0856. The summed E-state index contributed by atoms with van der Waals surface area (Å²) in [5, 5.41) is 5.34. The molecule has 1 aromatic rings. The molecule has 1 aliphatic rings. The summed E-state index contributed by atoms with van der Waals surface area (Å²) in [7, 11) is -3.25. The lowest BCUT2D eigenvalue weighted by Crippen LogP contribution is -2.32. The van der Waals surface area contributed by atoms with Crippen molar-refractivity contribution in [1.29, 1.82) is 0 Å². The normalized spacial score (nSPS) is 21.7. The van der Waals surface area contributed by atoms with Gasteiger partial charge in [0.2, 0.25) is 10.0 Å². The van der Waals surface area contributed by atoms with E-state index in [0.29, 0.717) is 5.13 Å². The van der Waals surface area contributed by atoms with Crippen LogP contribution in [0.15, 0.2) is 11.6 Å². The van der Waals surface area contributed by atoms with Gasteiger partial charge in [0.25, 0.3) is 0 Å². The predicted molar refractivity (Wildman–Crippen MR) is 60.5 cm³/mol. The Hall–Kier alpha value is -0.660. The summed E-state index contributed by atoms with van der Waals surface area (Å²) in [6.45, 7) is 0.914. The number of hydrogen-bond donors (Lipinski definition) is 2. The Balaban J connectivity index is 1.94. The maximum Gasteiger partial charge on any atom is 0.236 e. The Labute approximate surface area is 93.0 Å². The summed E-state index contributed by atoms with van der Waals surface area (Å²) >= 11 is 1.29. The summed E-state index contributed by atoms with van der Waals surface area (Å²) in [4.78, 5) is 3.88. The summed E-state index contributed by atoms with van der Waals surface area (Å²) in [5.41, 5.74) is 0. The van der Waals surface area contributed by atoms with Crippen molar-refractivity contribution in [3.8, 4) is 0 Å². The average molecular weight is 247 g/mol. The quantitative estimate of drug-likeness (QED) is 0.819. The molecule has 2 heterocycles. The molecule has 2 N–H and O–H groups in total. The number of hydrogen-bond acceptors (Lipinski definition) is 5. The Morgan fingerprint density at radius 3 is 3.13 bits per heavy atom. The Kier molecular flexibility index (Phi) is 3.22. The van der Waals surface area contributed by atoms with Gasteiger partial charge in [0.05, 0.1) is 5.75 Å². The predicted octanol–water partition coefficient (Wildman–Crippen LogP) is 0.637. The Morgan fingerprint density at radius 1 is 1.67 bits per heavy atom. The minimum Gasteiger partial charge on any atom is -0.313 e. The van der Waals surface area contributed by atoms with Gasteiger partial charge < -0.3 is 5.32 Å². The molecule has 0 amide bonds. The summed E-state index contributed by atoms with van der Waals surface area (Å²) in [5.74, 6) is 0.132. The van der Waals surface area contributed by atoms with Crippen LogP contribution in [0.3, 0.4) is 0 Å². The molecule has 1 saturated heterocycles. The van der Waals surface area contributed by atoms with E-state index in [9.17, 15) is 8.42 Å². The number of nitrogens with zero attached hydrogens (tertiary/aromatic N) is 1. The Bertz CT molecular complexity index is 396. The zero-order chi connectivity index (χ0) is 10.7. The first-order valence-corrected chi connectivity index (χ1v) is 7.32. The highest BCUT2D eigenvalue weighted by atomic mass is 32.2. The second kappa shape index (κ2) is 4.46. The van der Waals surface area contributed by atoms with Crippen molar-refractivity contribution in [2.24, 2.45) is 0 Å². The van der Waals surface area contributed by atoms with Crippen LogP contribution in [-0.4, -0.2) is 31.7 Å². The van der Waals surface area contributed by atoms with Gasteiger partial charge in [-0.05, 0) is 19.4 Å². The van der Waals surface area contributed by atoms with E-state index in [1.807, 2.05) is 0 Å². The van der Waals surface area contributed by atoms with Gasteiger partial charge >= 0.3 is 0 Å². The number of thiazole rings is 1. The lowest BCUT2D eigenvalue weighted by atomic mass is 10.3. The third-order valence-corrected chi connectivity index (χ3v) is 4.42. The number of rotatable bonds is 4.